The van der Waals surface area contributed by atoms with E-state index >= 15 is 0 Å². The van der Waals surface area contributed by atoms with E-state index in [1.165, 1.54) is 12.3 Å². The van der Waals surface area contributed by atoms with Crippen LogP contribution in [0.1, 0.15) is 51.4 Å². The van der Waals surface area contributed by atoms with E-state index in [0.29, 0.717) is 44.0 Å². The van der Waals surface area contributed by atoms with Crippen molar-refractivity contribution in [2.75, 3.05) is 43.1 Å². The van der Waals surface area contributed by atoms with Crippen molar-refractivity contribution in [3.63, 3.8) is 0 Å². The number of carboxylic acid groups (broad SMARTS) is 1. The van der Waals surface area contributed by atoms with Gasteiger partial charge in [-0.1, -0.05) is 30.9 Å². The van der Waals surface area contributed by atoms with E-state index in [0.717, 1.165) is 75.6 Å². The van der Waals surface area contributed by atoms with E-state index in [1.807, 2.05) is 0 Å². The predicted molar refractivity (Wildman–Crippen MR) is 185 cm³/mol. The number of nitrogens with one attached hydrogen (secondary N) is 1. The second kappa shape index (κ2) is 15.8. The third-order valence-corrected chi connectivity index (χ3v) is 16.2. The van der Waals surface area contributed by atoms with Gasteiger partial charge in [0, 0.05) is 43.1 Å². The normalized spacial score (nSPS) is 18.6. The third kappa shape index (κ3) is 10.1. The fourth-order valence-electron chi connectivity index (χ4n) is 5.76. The number of rotatable bonds is 14. The molecule has 46 heavy (non-hydrogen) atoms. The zero-order valence-electron chi connectivity index (χ0n) is 25.1. The van der Waals surface area contributed by atoms with Gasteiger partial charge in [0.15, 0.2) is 0 Å². The van der Waals surface area contributed by atoms with Gasteiger partial charge in [-0.25, -0.2) is 30.2 Å². The molecule has 0 spiro atoms. The number of carbonyl (C=O) groups is 1. The fourth-order valence-corrected chi connectivity index (χ4v) is 12.3. The molecule has 0 radical (unpaired) electrons. The lowest BCUT2D eigenvalue weighted by Gasteiger charge is -2.34. The highest BCUT2D eigenvalue weighted by Crippen LogP contribution is 2.37. The van der Waals surface area contributed by atoms with Crippen LogP contribution >= 0.6 is 54.8 Å². The van der Waals surface area contributed by atoms with Gasteiger partial charge in [-0.2, -0.15) is 9.03 Å². The Kier molecular flexibility index (Phi) is 13.0. The highest BCUT2D eigenvalue weighted by Gasteiger charge is 2.32. The van der Waals surface area contributed by atoms with Crippen molar-refractivity contribution in [3.05, 3.63) is 31.6 Å². The van der Waals surface area contributed by atoms with Gasteiger partial charge >= 0.3 is 5.97 Å². The lowest BCUT2D eigenvalue weighted by atomic mass is 9.87. The maximum atomic E-state index is 13.0. The molecule has 258 valence electrons. The Bertz CT molecular complexity index is 1710. The number of piperidine rings is 2. The molecule has 2 N–H and O–H groups in total. The Morgan fingerprint density at radius 3 is 2.11 bits per heavy atom. The molecule has 4 rings (SSSR count). The molecule has 2 aromatic heterocycles. The Morgan fingerprint density at radius 2 is 1.61 bits per heavy atom. The maximum Gasteiger partial charge on any atom is 0.321 e. The Morgan fingerprint density at radius 1 is 1.02 bits per heavy atom. The average molecular weight is 869 g/mol. The molecule has 1 unspecified atom stereocenters. The third-order valence-electron chi connectivity index (χ3n) is 8.41. The number of aliphatic carboxylic acids is 1. The minimum Gasteiger partial charge on any atom is -0.480 e. The fraction of sp³-hybridized carbons (Fsp3) is 0.630. The first-order chi connectivity index (χ1) is 21.5. The molecule has 0 bridgehead atoms. The molecule has 2 aromatic rings. The lowest BCUT2D eigenvalue weighted by Crippen LogP contribution is -2.42. The zero-order valence-corrected chi connectivity index (χ0v) is 32.3. The molecule has 0 amide bonds. The minimum absolute atomic E-state index is 0.226. The van der Waals surface area contributed by atoms with E-state index in [1.54, 1.807) is 10.4 Å². The number of sulfone groups is 1. The van der Waals surface area contributed by atoms with Crippen molar-refractivity contribution < 1.29 is 35.2 Å². The maximum absolute atomic E-state index is 13.0. The lowest BCUT2D eigenvalue weighted by molar-refractivity contribution is -0.139. The Balaban J connectivity index is 1.22. The van der Waals surface area contributed by atoms with Crippen LogP contribution in [0, 0.1) is 11.8 Å². The minimum atomic E-state index is -4.27. The van der Waals surface area contributed by atoms with E-state index in [-0.39, 0.29) is 9.10 Å². The number of halogens is 3. The number of pyridine rings is 1. The summed E-state index contributed by atoms with van der Waals surface area (Å²) in [4.78, 5) is 17.8. The molecular weight excluding hydrogens is 832 g/mol. The summed E-state index contributed by atoms with van der Waals surface area (Å²) in [6.07, 6.45) is 8.59. The monoisotopic (exact) mass is 866 g/mol. The van der Waals surface area contributed by atoms with Gasteiger partial charge in [0.2, 0.25) is 10.0 Å². The molecule has 2 aliphatic rings. The standard InChI is InChI=1S/C27H37Br2ClN4O8S4/c1-44(37,38)14-9-23(27(35)36)32-45(39,40)20-15-22(29)26(31-17-20)33-10-5-18(6-11-33)3-2-4-19-7-12-34(13-8-19)46(41,42)24-16-21(28)25(30)43-24/h15-19,23,32H,2-14H2,1H3,(H,35,36). The molecule has 1 atom stereocenters. The number of hydrogen-bond donors (Lipinski definition) is 2. The highest BCUT2D eigenvalue weighted by atomic mass is 79.9. The summed E-state index contributed by atoms with van der Waals surface area (Å²) < 4.78 is 79.9. The van der Waals surface area contributed by atoms with E-state index in [2.05, 4.69) is 46.5 Å². The van der Waals surface area contributed by atoms with Gasteiger partial charge in [-0.3, -0.25) is 4.79 Å². The van der Waals surface area contributed by atoms with Crippen molar-refractivity contribution in [2.24, 2.45) is 11.8 Å². The smallest absolute Gasteiger partial charge is 0.321 e. The number of carboxylic acids is 1. The van der Waals surface area contributed by atoms with E-state index in [4.69, 9.17) is 11.6 Å². The molecule has 0 aliphatic carbocycles. The van der Waals surface area contributed by atoms with Crippen LogP contribution in [0.25, 0.3) is 0 Å². The van der Waals surface area contributed by atoms with Gasteiger partial charge in [0.25, 0.3) is 10.0 Å². The first-order valence-corrected chi connectivity index (χ1v) is 22.5. The summed E-state index contributed by atoms with van der Waals surface area (Å²) >= 11 is 13.8. The largest absolute Gasteiger partial charge is 0.480 e. The Hall–Kier alpha value is -0.860. The number of aromatic nitrogens is 1. The molecule has 0 aromatic carbocycles. The summed E-state index contributed by atoms with van der Waals surface area (Å²) in [5, 5.41) is 9.39. The van der Waals surface area contributed by atoms with Crippen LogP contribution in [0.3, 0.4) is 0 Å². The number of hydrogen-bond acceptors (Lipinski definition) is 10. The summed E-state index contributed by atoms with van der Waals surface area (Å²) in [5.41, 5.74) is 0. The van der Waals surface area contributed by atoms with Gasteiger partial charge in [-0.15, -0.1) is 11.3 Å². The van der Waals surface area contributed by atoms with Gasteiger partial charge in [0.1, 0.15) is 35.1 Å². The average Bonchev–Trinajstić information content (AvgIpc) is 3.34. The molecule has 2 saturated heterocycles. The van der Waals surface area contributed by atoms with Crippen LogP contribution in [0.5, 0.6) is 0 Å². The van der Waals surface area contributed by atoms with Crippen molar-refractivity contribution >= 4 is 96.5 Å². The topological polar surface area (TPSA) is 171 Å². The van der Waals surface area contributed by atoms with Gasteiger partial charge in [-0.05, 0) is 87.9 Å². The molecule has 19 heteroatoms. The summed E-state index contributed by atoms with van der Waals surface area (Å²) in [6.45, 7) is 2.54. The molecule has 0 saturated carbocycles. The van der Waals surface area contributed by atoms with Crippen molar-refractivity contribution in [2.45, 2.75) is 66.5 Å². The first-order valence-electron chi connectivity index (χ1n) is 14.7. The number of anilines is 1. The quantitative estimate of drug-likeness (QED) is 0.264. The second-order valence-corrected chi connectivity index (χ2v) is 21.3. The summed E-state index contributed by atoms with van der Waals surface area (Å²) in [6, 6.07) is 1.34. The second-order valence-electron chi connectivity index (χ2n) is 11.8. The molecule has 2 aliphatic heterocycles. The van der Waals surface area contributed by atoms with Crippen LogP contribution in [-0.2, 0) is 34.7 Å². The predicted octanol–water partition coefficient (Wildman–Crippen LogP) is 4.98. The van der Waals surface area contributed by atoms with Crippen molar-refractivity contribution in [1.82, 2.24) is 14.0 Å². The van der Waals surface area contributed by atoms with E-state index < -0.39 is 54.1 Å². The van der Waals surface area contributed by atoms with Crippen molar-refractivity contribution in [1.29, 1.82) is 0 Å². The van der Waals surface area contributed by atoms with Gasteiger partial charge in [0.05, 0.1) is 10.2 Å². The molecule has 2 fully saturated rings. The summed E-state index contributed by atoms with van der Waals surface area (Å²) in [7, 11) is -11.3. The van der Waals surface area contributed by atoms with Crippen LogP contribution in [-0.4, -0.2) is 89.8 Å². The van der Waals surface area contributed by atoms with E-state index in [9.17, 15) is 35.2 Å². The SMILES string of the molecule is CS(=O)(=O)CCC(NS(=O)(=O)c1cnc(N2CCC(CCCC3CCN(S(=O)(=O)c4cc(Br)c(Cl)s4)CC3)CC2)c(Br)c1)C(=O)O. The van der Waals surface area contributed by atoms with Crippen molar-refractivity contribution in [3.8, 4) is 0 Å². The summed E-state index contributed by atoms with van der Waals surface area (Å²) in [5.74, 6) is -0.283. The van der Waals surface area contributed by atoms with Gasteiger partial charge < -0.3 is 10.0 Å². The highest BCUT2D eigenvalue weighted by molar-refractivity contribution is 9.11. The van der Waals surface area contributed by atoms with Crippen LogP contribution in [0.2, 0.25) is 4.34 Å². The Labute approximate surface area is 296 Å². The van der Waals surface area contributed by atoms with Crippen LogP contribution < -0.4 is 9.62 Å². The van der Waals surface area contributed by atoms with Crippen LogP contribution in [0.15, 0.2) is 36.4 Å². The first kappa shape index (κ1) is 38.0. The molecule has 4 heterocycles. The number of nitrogens with zero attached hydrogens (tertiary/aromatic N) is 3. The number of sulfonamides is 2. The number of thiophene rings is 1. The molecule has 12 nitrogen and oxygen atoms in total. The molecular formula is C27H37Br2ClN4O8S4. The zero-order chi connectivity index (χ0) is 33.9. The van der Waals surface area contributed by atoms with Crippen LogP contribution in [0.4, 0.5) is 5.82 Å².